The largest absolute Gasteiger partial charge is 0.352 e. The molecule has 0 atom stereocenters. The first kappa shape index (κ1) is 13.3. The number of nitrogens with zero attached hydrogens (tertiary/aromatic N) is 1. The summed E-state index contributed by atoms with van der Waals surface area (Å²) in [5.41, 5.74) is 0.327. The fourth-order valence-corrected chi connectivity index (χ4v) is 2.41. The smallest absolute Gasteiger partial charge is 0.270 e. The third-order valence-corrected chi connectivity index (χ3v) is 4.12. The summed E-state index contributed by atoms with van der Waals surface area (Å²) in [6.45, 7) is 0.664. The van der Waals surface area contributed by atoms with Gasteiger partial charge in [-0.15, -0.1) is 0 Å². The molecule has 1 amide bonds. The molecule has 0 aliphatic heterocycles. The van der Waals surface area contributed by atoms with Gasteiger partial charge in [-0.3, -0.25) is 14.9 Å². The number of nitrogens with one attached hydrogen (secondary N) is 1. The average molecular weight is 360 g/mol. The summed E-state index contributed by atoms with van der Waals surface area (Å²) in [7, 11) is 0. The molecule has 6 heteroatoms. The van der Waals surface area contributed by atoms with Gasteiger partial charge in [-0.2, -0.15) is 0 Å². The lowest BCUT2D eigenvalue weighted by Gasteiger charge is -2.25. The Bertz CT molecular complexity index is 486. The van der Waals surface area contributed by atoms with Gasteiger partial charge in [-0.1, -0.05) is 6.42 Å². The molecule has 1 aromatic carbocycles. The van der Waals surface area contributed by atoms with Gasteiger partial charge in [0.15, 0.2) is 0 Å². The maximum Gasteiger partial charge on any atom is 0.270 e. The van der Waals surface area contributed by atoms with Crippen LogP contribution in [0.2, 0.25) is 0 Å². The molecule has 5 nitrogen and oxygen atoms in total. The second kappa shape index (κ2) is 5.64. The second-order valence-electron chi connectivity index (χ2n) is 4.43. The Morgan fingerprint density at radius 3 is 2.78 bits per heavy atom. The first-order valence-corrected chi connectivity index (χ1v) is 6.88. The molecule has 96 valence electrons. The number of nitro groups is 1. The van der Waals surface area contributed by atoms with Crippen LogP contribution in [0.1, 0.15) is 29.6 Å². The van der Waals surface area contributed by atoms with E-state index >= 15 is 0 Å². The van der Waals surface area contributed by atoms with Crippen molar-refractivity contribution in [2.75, 3.05) is 6.54 Å². The van der Waals surface area contributed by atoms with Crippen LogP contribution < -0.4 is 5.32 Å². The monoisotopic (exact) mass is 360 g/mol. The van der Waals surface area contributed by atoms with E-state index in [-0.39, 0.29) is 11.6 Å². The molecule has 1 saturated carbocycles. The predicted molar refractivity (Wildman–Crippen MR) is 75.5 cm³/mol. The third-order valence-electron chi connectivity index (χ3n) is 3.18. The molecule has 0 aromatic heterocycles. The van der Waals surface area contributed by atoms with Gasteiger partial charge < -0.3 is 5.32 Å². The Hall–Kier alpha value is -1.18. The van der Waals surface area contributed by atoms with Gasteiger partial charge in [0, 0.05) is 22.2 Å². The fraction of sp³-hybridized carbons (Fsp3) is 0.417. The van der Waals surface area contributed by atoms with Gasteiger partial charge in [-0.25, -0.2) is 0 Å². The summed E-state index contributed by atoms with van der Waals surface area (Å²) in [6, 6.07) is 4.33. The van der Waals surface area contributed by atoms with E-state index in [2.05, 4.69) is 5.32 Å². The van der Waals surface area contributed by atoms with Crippen LogP contribution in [-0.2, 0) is 0 Å². The maximum absolute atomic E-state index is 11.9. The van der Waals surface area contributed by atoms with E-state index in [1.54, 1.807) is 6.07 Å². The number of carbonyl (C=O) groups is 1. The first-order valence-electron chi connectivity index (χ1n) is 5.80. The van der Waals surface area contributed by atoms with E-state index in [9.17, 15) is 14.9 Å². The Morgan fingerprint density at radius 1 is 1.50 bits per heavy atom. The van der Waals surface area contributed by atoms with Crippen LogP contribution in [0.25, 0.3) is 0 Å². The number of rotatable bonds is 4. The SMILES string of the molecule is O=C(NCC1CCC1)c1cc([N+](=O)[O-])ccc1I. The zero-order valence-corrected chi connectivity index (χ0v) is 11.8. The summed E-state index contributed by atoms with van der Waals surface area (Å²) in [4.78, 5) is 22.1. The maximum atomic E-state index is 11.9. The second-order valence-corrected chi connectivity index (χ2v) is 5.59. The van der Waals surface area contributed by atoms with Crippen molar-refractivity contribution >= 4 is 34.2 Å². The third kappa shape index (κ3) is 2.98. The zero-order chi connectivity index (χ0) is 13.1. The quantitative estimate of drug-likeness (QED) is 0.510. The summed E-state index contributed by atoms with van der Waals surface area (Å²) in [5.74, 6) is 0.348. The zero-order valence-electron chi connectivity index (χ0n) is 9.69. The van der Waals surface area contributed by atoms with Crippen LogP contribution in [-0.4, -0.2) is 17.4 Å². The van der Waals surface area contributed by atoms with Gasteiger partial charge >= 0.3 is 0 Å². The number of carbonyl (C=O) groups excluding carboxylic acids is 1. The van der Waals surface area contributed by atoms with Gasteiger partial charge in [0.05, 0.1) is 10.5 Å². The van der Waals surface area contributed by atoms with Crippen molar-refractivity contribution in [2.24, 2.45) is 5.92 Å². The topological polar surface area (TPSA) is 72.2 Å². The lowest BCUT2D eigenvalue weighted by atomic mass is 9.85. The Kier molecular flexibility index (Phi) is 4.15. The molecule has 0 bridgehead atoms. The van der Waals surface area contributed by atoms with E-state index in [1.165, 1.54) is 18.6 Å². The molecular weight excluding hydrogens is 347 g/mol. The van der Waals surface area contributed by atoms with Crippen LogP contribution in [0.4, 0.5) is 5.69 Å². The van der Waals surface area contributed by atoms with Crippen molar-refractivity contribution < 1.29 is 9.72 Å². The van der Waals surface area contributed by atoms with Crippen molar-refractivity contribution in [2.45, 2.75) is 19.3 Å². The van der Waals surface area contributed by atoms with Crippen molar-refractivity contribution in [3.05, 3.63) is 37.4 Å². The highest BCUT2D eigenvalue weighted by molar-refractivity contribution is 14.1. The number of non-ortho nitro benzene ring substituents is 1. The lowest BCUT2D eigenvalue weighted by molar-refractivity contribution is -0.384. The summed E-state index contributed by atoms with van der Waals surface area (Å²) in [5, 5.41) is 13.5. The van der Waals surface area contributed by atoms with Crippen LogP contribution in [0.15, 0.2) is 18.2 Å². The molecule has 1 fully saturated rings. The molecule has 0 radical (unpaired) electrons. The van der Waals surface area contributed by atoms with Crippen molar-refractivity contribution in [3.63, 3.8) is 0 Å². The molecule has 0 spiro atoms. The Balaban J connectivity index is 2.07. The molecule has 1 aliphatic rings. The van der Waals surface area contributed by atoms with E-state index in [4.69, 9.17) is 0 Å². The van der Waals surface area contributed by atoms with E-state index in [1.807, 2.05) is 22.6 Å². The highest BCUT2D eigenvalue weighted by atomic mass is 127. The van der Waals surface area contributed by atoms with Crippen molar-refractivity contribution in [1.82, 2.24) is 5.32 Å². The minimum absolute atomic E-state index is 0.0517. The standard InChI is InChI=1S/C12H13IN2O3/c13-11-5-4-9(15(17)18)6-10(11)12(16)14-7-8-2-1-3-8/h4-6,8H,1-3,7H2,(H,14,16). The number of halogens is 1. The van der Waals surface area contributed by atoms with Gasteiger partial charge in [0.1, 0.15) is 0 Å². The van der Waals surface area contributed by atoms with Crippen LogP contribution >= 0.6 is 22.6 Å². The molecule has 18 heavy (non-hydrogen) atoms. The molecule has 0 heterocycles. The first-order chi connectivity index (χ1) is 8.58. The van der Waals surface area contributed by atoms with Crippen LogP contribution in [0.3, 0.4) is 0 Å². The number of hydrogen-bond acceptors (Lipinski definition) is 3. The van der Waals surface area contributed by atoms with Gasteiger partial charge in [0.25, 0.3) is 11.6 Å². The van der Waals surface area contributed by atoms with Crippen LogP contribution in [0, 0.1) is 19.6 Å². The lowest BCUT2D eigenvalue weighted by Crippen LogP contribution is -2.32. The molecule has 0 saturated heterocycles. The minimum Gasteiger partial charge on any atom is -0.352 e. The molecule has 0 unspecified atom stereocenters. The van der Waals surface area contributed by atoms with E-state index in [0.717, 1.165) is 16.4 Å². The van der Waals surface area contributed by atoms with E-state index in [0.29, 0.717) is 18.0 Å². The minimum atomic E-state index is -0.487. The highest BCUT2D eigenvalue weighted by Crippen LogP contribution is 2.25. The number of amides is 1. The summed E-state index contributed by atoms with van der Waals surface area (Å²) < 4.78 is 0.726. The van der Waals surface area contributed by atoms with Gasteiger partial charge in [0.2, 0.25) is 0 Å². The van der Waals surface area contributed by atoms with Crippen molar-refractivity contribution in [1.29, 1.82) is 0 Å². The number of hydrogen-bond donors (Lipinski definition) is 1. The molecule has 1 N–H and O–H groups in total. The number of benzene rings is 1. The fourth-order valence-electron chi connectivity index (χ4n) is 1.83. The Labute approximate surface area is 118 Å². The average Bonchev–Trinajstić information content (AvgIpc) is 2.26. The van der Waals surface area contributed by atoms with Crippen molar-refractivity contribution in [3.8, 4) is 0 Å². The normalized spacial score (nSPS) is 14.9. The number of nitro benzene ring substituents is 1. The van der Waals surface area contributed by atoms with E-state index < -0.39 is 4.92 Å². The highest BCUT2D eigenvalue weighted by Gasteiger charge is 2.20. The van der Waals surface area contributed by atoms with Gasteiger partial charge in [-0.05, 0) is 47.4 Å². The molecule has 1 aliphatic carbocycles. The Morgan fingerprint density at radius 2 is 2.22 bits per heavy atom. The molecule has 2 rings (SSSR count). The summed E-state index contributed by atoms with van der Waals surface area (Å²) >= 11 is 2.01. The van der Waals surface area contributed by atoms with Crippen LogP contribution in [0.5, 0.6) is 0 Å². The summed E-state index contributed by atoms with van der Waals surface area (Å²) in [6.07, 6.45) is 3.55. The molecule has 1 aromatic rings. The predicted octanol–water partition coefficient (Wildman–Crippen LogP) is 2.73. The molecular formula is C12H13IN2O3.